The summed E-state index contributed by atoms with van der Waals surface area (Å²) in [5, 5.41) is 4.08. The minimum atomic E-state index is -4.82. The summed E-state index contributed by atoms with van der Waals surface area (Å²) in [5.74, 6) is -0.329. The van der Waals surface area contributed by atoms with Crippen molar-refractivity contribution in [2.45, 2.75) is 25.9 Å². The summed E-state index contributed by atoms with van der Waals surface area (Å²) >= 11 is 13.1. The average molecular weight is 581 g/mol. The summed E-state index contributed by atoms with van der Waals surface area (Å²) < 4.78 is 44.8. The van der Waals surface area contributed by atoms with Crippen LogP contribution in [-0.4, -0.2) is 39.9 Å². The van der Waals surface area contributed by atoms with Gasteiger partial charge in [-0.1, -0.05) is 47.5 Å². The Bertz CT molecular complexity index is 1500. The molecule has 0 bridgehead atoms. The van der Waals surface area contributed by atoms with Gasteiger partial charge in [-0.2, -0.15) is 0 Å². The predicted molar refractivity (Wildman–Crippen MR) is 143 cm³/mol. The van der Waals surface area contributed by atoms with Crippen molar-refractivity contribution in [3.63, 3.8) is 0 Å². The molecular formula is C26H21Cl2F3N4O2S. The van der Waals surface area contributed by atoms with Crippen molar-refractivity contribution in [3.8, 4) is 5.75 Å². The fraction of sp³-hybridized carbons (Fsp3) is 0.231. The Hall–Kier alpha value is -3.05. The van der Waals surface area contributed by atoms with Crippen molar-refractivity contribution in [2.75, 3.05) is 13.1 Å². The minimum Gasteiger partial charge on any atom is -0.406 e. The molecular weight excluding hydrogens is 560 g/mol. The van der Waals surface area contributed by atoms with E-state index in [2.05, 4.69) is 19.9 Å². The molecule has 0 spiro atoms. The second-order valence-electron chi connectivity index (χ2n) is 8.66. The van der Waals surface area contributed by atoms with E-state index in [1.165, 1.54) is 29.5 Å². The van der Waals surface area contributed by atoms with Crippen LogP contribution in [0.15, 0.2) is 54.7 Å². The molecule has 0 saturated heterocycles. The molecule has 0 fully saturated rings. The SMILES string of the molecule is O=C(NCc1cnc(Cl)s1)n1c2c(c3cc(OC(F)(F)F)ccc31)CN(CC=Cc1ccc(Cl)cc1)CC2. The number of nitrogens with zero attached hydrogens (tertiary/aromatic N) is 3. The number of amides is 1. The average Bonchev–Trinajstić information content (AvgIpc) is 3.43. The van der Waals surface area contributed by atoms with Gasteiger partial charge in [-0.25, -0.2) is 9.78 Å². The van der Waals surface area contributed by atoms with Crippen LogP contribution in [0.25, 0.3) is 17.0 Å². The van der Waals surface area contributed by atoms with Crippen LogP contribution < -0.4 is 10.1 Å². The number of alkyl halides is 3. The second-order valence-corrected chi connectivity index (χ2v) is 10.8. The Kier molecular flexibility index (Phi) is 7.67. The van der Waals surface area contributed by atoms with E-state index in [9.17, 15) is 18.0 Å². The van der Waals surface area contributed by atoms with Gasteiger partial charge in [0.1, 0.15) is 5.75 Å². The minimum absolute atomic E-state index is 0.231. The highest BCUT2D eigenvalue weighted by atomic mass is 35.5. The first-order valence-corrected chi connectivity index (χ1v) is 13.2. The van der Waals surface area contributed by atoms with Gasteiger partial charge in [-0.3, -0.25) is 9.47 Å². The number of aromatic nitrogens is 2. The monoisotopic (exact) mass is 580 g/mol. The molecule has 0 atom stereocenters. The molecule has 5 rings (SSSR count). The zero-order valence-corrected chi connectivity index (χ0v) is 22.1. The van der Waals surface area contributed by atoms with Gasteiger partial charge in [0.25, 0.3) is 0 Å². The lowest BCUT2D eigenvalue weighted by Crippen LogP contribution is -2.34. The molecule has 1 amide bonds. The van der Waals surface area contributed by atoms with Gasteiger partial charge in [0.15, 0.2) is 4.47 Å². The first-order valence-electron chi connectivity index (χ1n) is 11.6. The van der Waals surface area contributed by atoms with Crippen LogP contribution in [0.5, 0.6) is 5.75 Å². The number of fused-ring (bicyclic) bond motifs is 3. The van der Waals surface area contributed by atoms with Gasteiger partial charge in [0.05, 0.1) is 12.1 Å². The number of carbonyl (C=O) groups is 1. The third kappa shape index (κ3) is 6.15. The molecule has 1 N–H and O–H groups in total. The predicted octanol–water partition coefficient (Wildman–Crippen LogP) is 7.13. The molecule has 1 aliphatic rings. The molecule has 1 aliphatic heterocycles. The molecule has 3 heterocycles. The van der Waals surface area contributed by atoms with Crippen LogP contribution >= 0.6 is 34.5 Å². The van der Waals surface area contributed by atoms with Gasteiger partial charge in [0, 0.05) is 53.2 Å². The quantitative estimate of drug-likeness (QED) is 0.263. The number of thiazole rings is 1. The van der Waals surface area contributed by atoms with Crippen molar-refractivity contribution >= 4 is 57.5 Å². The van der Waals surface area contributed by atoms with Gasteiger partial charge in [-0.15, -0.1) is 24.5 Å². The highest BCUT2D eigenvalue weighted by molar-refractivity contribution is 7.15. The van der Waals surface area contributed by atoms with Crippen molar-refractivity contribution in [1.82, 2.24) is 19.8 Å². The molecule has 4 aromatic rings. The van der Waals surface area contributed by atoms with E-state index in [0.717, 1.165) is 21.7 Å². The lowest BCUT2D eigenvalue weighted by molar-refractivity contribution is -0.274. The number of hydrogen-bond acceptors (Lipinski definition) is 5. The summed E-state index contributed by atoms with van der Waals surface area (Å²) in [6, 6.07) is 11.2. The molecule has 0 radical (unpaired) electrons. The maximum Gasteiger partial charge on any atom is 0.573 e. The van der Waals surface area contributed by atoms with E-state index in [1.54, 1.807) is 10.8 Å². The third-order valence-corrected chi connectivity index (χ3v) is 7.49. The van der Waals surface area contributed by atoms with E-state index in [0.29, 0.717) is 46.4 Å². The number of nitrogens with one attached hydrogen (secondary N) is 1. The zero-order valence-electron chi connectivity index (χ0n) is 19.8. The maximum atomic E-state index is 13.3. The summed E-state index contributed by atoms with van der Waals surface area (Å²) in [7, 11) is 0. The van der Waals surface area contributed by atoms with E-state index < -0.39 is 6.36 Å². The summed E-state index contributed by atoms with van der Waals surface area (Å²) in [5.41, 5.74) is 3.09. The number of benzene rings is 2. The Balaban J connectivity index is 1.42. The van der Waals surface area contributed by atoms with E-state index in [-0.39, 0.29) is 18.3 Å². The number of hydrogen-bond donors (Lipinski definition) is 1. The highest BCUT2D eigenvalue weighted by Gasteiger charge is 2.32. The Morgan fingerprint density at radius 2 is 1.97 bits per heavy atom. The molecule has 38 heavy (non-hydrogen) atoms. The largest absolute Gasteiger partial charge is 0.573 e. The number of ether oxygens (including phenoxy) is 1. The van der Waals surface area contributed by atoms with E-state index >= 15 is 0 Å². The van der Waals surface area contributed by atoms with Gasteiger partial charge in [-0.05, 0) is 41.5 Å². The number of carbonyl (C=O) groups excluding carboxylic acids is 1. The Labute approximate surface area is 230 Å². The normalized spacial score (nSPS) is 14.2. The van der Waals surface area contributed by atoms with Crippen molar-refractivity contribution in [2.24, 2.45) is 0 Å². The van der Waals surface area contributed by atoms with Crippen LogP contribution in [0.2, 0.25) is 9.49 Å². The van der Waals surface area contributed by atoms with Crippen molar-refractivity contribution in [1.29, 1.82) is 0 Å². The van der Waals surface area contributed by atoms with Crippen LogP contribution in [0, 0.1) is 0 Å². The van der Waals surface area contributed by atoms with Crippen molar-refractivity contribution < 1.29 is 22.7 Å². The fourth-order valence-corrected chi connectivity index (χ4v) is 5.54. The fourth-order valence-electron chi connectivity index (χ4n) is 4.50. The first kappa shape index (κ1) is 26.6. The number of rotatable bonds is 6. The maximum absolute atomic E-state index is 13.3. The lowest BCUT2D eigenvalue weighted by atomic mass is 10.0. The van der Waals surface area contributed by atoms with Crippen LogP contribution in [-0.2, 0) is 19.5 Å². The topological polar surface area (TPSA) is 59.4 Å². The van der Waals surface area contributed by atoms with Crippen LogP contribution in [0.3, 0.4) is 0 Å². The molecule has 0 saturated carbocycles. The molecule has 2 aromatic carbocycles. The molecule has 12 heteroatoms. The molecule has 6 nitrogen and oxygen atoms in total. The zero-order chi connectivity index (χ0) is 26.9. The lowest BCUT2D eigenvalue weighted by Gasteiger charge is -2.27. The van der Waals surface area contributed by atoms with Crippen molar-refractivity contribution in [3.05, 3.63) is 85.9 Å². The molecule has 198 valence electrons. The smallest absolute Gasteiger partial charge is 0.406 e. The molecule has 2 aromatic heterocycles. The van der Waals surface area contributed by atoms with Crippen LogP contribution in [0.1, 0.15) is 21.7 Å². The summed E-state index contributed by atoms with van der Waals surface area (Å²) in [4.78, 5) is 20.2. The van der Waals surface area contributed by atoms with Gasteiger partial charge >= 0.3 is 12.4 Å². The third-order valence-electron chi connectivity index (χ3n) is 6.12. The van der Waals surface area contributed by atoms with E-state index in [1.807, 2.05) is 36.4 Å². The first-order chi connectivity index (χ1) is 18.2. The standard InChI is InChI=1S/C26H21Cl2F3N4O2S/c27-17-5-3-16(4-6-17)2-1-10-34-11-9-23-21(15-34)20-12-18(37-26(29,30)31)7-8-22(20)35(23)25(36)33-14-19-13-32-24(28)38-19/h1-8,12-13H,9-11,14-15H2,(H,33,36). The Morgan fingerprint density at radius 1 is 1.18 bits per heavy atom. The highest BCUT2D eigenvalue weighted by Crippen LogP contribution is 2.35. The second kappa shape index (κ2) is 11.0. The molecule has 0 aliphatic carbocycles. The number of halogens is 5. The van der Waals surface area contributed by atoms with Crippen LogP contribution in [0.4, 0.5) is 18.0 Å². The van der Waals surface area contributed by atoms with Gasteiger partial charge in [0.2, 0.25) is 0 Å². The van der Waals surface area contributed by atoms with Gasteiger partial charge < -0.3 is 10.1 Å². The Morgan fingerprint density at radius 3 is 2.68 bits per heavy atom. The van der Waals surface area contributed by atoms with E-state index in [4.69, 9.17) is 23.2 Å². The summed E-state index contributed by atoms with van der Waals surface area (Å²) in [6.45, 7) is 2.01. The molecule has 0 unspecified atom stereocenters. The summed E-state index contributed by atoms with van der Waals surface area (Å²) in [6.07, 6.45) is 1.34.